The molecule has 3 rings (SSSR count). The summed E-state index contributed by atoms with van der Waals surface area (Å²) in [4.78, 5) is 14.8. The van der Waals surface area contributed by atoms with E-state index in [4.69, 9.17) is 4.74 Å². The number of benzene rings is 2. The Morgan fingerprint density at radius 3 is 2.36 bits per heavy atom. The number of sulfonamides is 1. The number of likely N-dealkylation sites (tertiary alicyclic amines) is 1. The predicted octanol–water partition coefficient (Wildman–Crippen LogP) is 3.21. The zero-order chi connectivity index (χ0) is 20.1. The van der Waals surface area contributed by atoms with Crippen molar-refractivity contribution in [1.29, 1.82) is 0 Å². The predicted molar refractivity (Wildman–Crippen MR) is 109 cm³/mol. The molecule has 0 aliphatic carbocycles. The molecule has 150 valence electrons. The summed E-state index contributed by atoms with van der Waals surface area (Å²) in [5.74, 6) is 0.450. The van der Waals surface area contributed by atoms with Crippen molar-refractivity contribution in [2.75, 3.05) is 31.0 Å². The van der Waals surface area contributed by atoms with Crippen molar-refractivity contribution in [3.63, 3.8) is 0 Å². The van der Waals surface area contributed by atoms with Gasteiger partial charge in [-0.15, -0.1) is 0 Å². The van der Waals surface area contributed by atoms with Gasteiger partial charge in [-0.05, 0) is 68.1 Å². The first-order chi connectivity index (χ1) is 13.4. The fraction of sp³-hybridized carbons (Fsp3) is 0.381. The molecule has 0 spiro atoms. The highest BCUT2D eigenvalue weighted by molar-refractivity contribution is 7.92. The molecule has 2 aromatic rings. The van der Waals surface area contributed by atoms with Gasteiger partial charge in [0.1, 0.15) is 12.3 Å². The number of carbonyl (C=O) groups is 1. The Bertz CT molecular complexity index is 920. The molecule has 2 aromatic carbocycles. The molecule has 1 saturated heterocycles. The number of carbonyl (C=O) groups excluding carboxylic acids is 1. The number of rotatable bonds is 6. The maximum absolute atomic E-state index is 13.4. The number of piperidine rings is 1. The Labute approximate surface area is 166 Å². The largest absolute Gasteiger partial charge is 0.497 e. The molecule has 1 fully saturated rings. The average Bonchev–Trinajstić information content (AvgIpc) is 2.72. The molecule has 0 saturated carbocycles. The number of anilines is 1. The van der Waals surface area contributed by atoms with Gasteiger partial charge in [0.25, 0.3) is 10.0 Å². The zero-order valence-electron chi connectivity index (χ0n) is 16.3. The van der Waals surface area contributed by atoms with Crippen molar-refractivity contribution in [2.24, 2.45) is 0 Å². The third kappa shape index (κ3) is 4.47. The molecule has 1 aliphatic heterocycles. The Morgan fingerprint density at radius 1 is 1.07 bits per heavy atom. The quantitative estimate of drug-likeness (QED) is 0.744. The molecule has 7 heteroatoms. The average molecular weight is 403 g/mol. The van der Waals surface area contributed by atoms with Gasteiger partial charge in [0.05, 0.1) is 17.7 Å². The topological polar surface area (TPSA) is 66.9 Å². The SMILES string of the molecule is COc1ccc(N(CC(=O)N2CCCCC2)S(=O)(=O)c2cccc(C)c2)cc1. The van der Waals surface area contributed by atoms with E-state index in [0.29, 0.717) is 24.5 Å². The van der Waals surface area contributed by atoms with Crippen molar-refractivity contribution < 1.29 is 17.9 Å². The van der Waals surface area contributed by atoms with Gasteiger partial charge in [0, 0.05) is 13.1 Å². The molecule has 1 amide bonds. The molecule has 1 heterocycles. The molecule has 6 nitrogen and oxygen atoms in total. The highest BCUT2D eigenvalue weighted by Gasteiger charge is 2.29. The molecular formula is C21H26N2O4S. The van der Waals surface area contributed by atoms with Crippen molar-refractivity contribution in [1.82, 2.24) is 4.90 Å². The van der Waals surface area contributed by atoms with E-state index in [1.54, 1.807) is 54.5 Å². The van der Waals surface area contributed by atoms with Crippen LogP contribution in [0.15, 0.2) is 53.4 Å². The molecule has 0 atom stereocenters. The summed E-state index contributed by atoms with van der Waals surface area (Å²) in [5.41, 5.74) is 1.28. The summed E-state index contributed by atoms with van der Waals surface area (Å²) in [6, 6.07) is 13.4. The number of aryl methyl sites for hydroxylation is 1. The molecule has 0 bridgehead atoms. The minimum Gasteiger partial charge on any atom is -0.497 e. The summed E-state index contributed by atoms with van der Waals surface area (Å²) in [7, 11) is -2.33. The van der Waals surface area contributed by atoms with Gasteiger partial charge < -0.3 is 9.64 Å². The molecule has 0 unspecified atom stereocenters. The minimum absolute atomic E-state index is 0.174. The van der Waals surface area contributed by atoms with Gasteiger partial charge in [-0.25, -0.2) is 8.42 Å². The summed E-state index contributed by atoms with van der Waals surface area (Å²) in [6.07, 6.45) is 3.02. The van der Waals surface area contributed by atoms with E-state index in [2.05, 4.69) is 0 Å². The van der Waals surface area contributed by atoms with Gasteiger partial charge in [-0.3, -0.25) is 9.10 Å². The number of nitrogens with zero attached hydrogens (tertiary/aromatic N) is 2. The molecule has 1 aliphatic rings. The summed E-state index contributed by atoms with van der Waals surface area (Å²) in [6.45, 7) is 2.98. The first-order valence-corrected chi connectivity index (χ1v) is 10.9. The van der Waals surface area contributed by atoms with Gasteiger partial charge in [0.15, 0.2) is 0 Å². The van der Waals surface area contributed by atoms with Crippen LogP contribution in [0.4, 0.5) is 5.69 Å². The van der Waals surface area contributed by atoms with E-state index in [9.17, 15) is 13.2 Å². The van der Waals surface area contributed by atoms with Gasteiger partial charge in [0.2, 0.25) is 5.91 Å². The monoisotopic (exact) mass is 402 g/mol. The highest BCUT2D eigenvalue weighted by Crippen LogP contribution is 2.26. The van der Waals surface area contributed by atoms with Crippen LogP contribution in [0.5, 0.6) is 5.75 Å². The Kier molecular flexibility index (Phi) is 6.24. The third-order valence-corrected chi connectivity index (χ3v) is 6.70. The van der Waals surface area contributed by atoms with Gasteiger partial charge >= 0.3 is 0 Å². The molecule has 0 radical (unpaired) electrons. The number of amides is 1. The van der Waals surface area contributed by atoms with E-state index < -0.39 is 10.0 Å². The van der Waals surface area contributed by atoms with Crippen molar-refractivity contribution in [3.8, 4) is 5.75 Å². The van der Waals surface area contributed by atoms with Gasteiger partial charge in [-0.1, -0.05) is 12.1 Å². The lowest BCUT2D eigenvalue weighted by molar-refractivity contribution is -0.130. The lowest BCUT2D eigenvalue weighted by Gasteiger charge is -2.30. The standard InChI is InChI=1S/C21H26N2O4S/c1-17-7-6-8-20(15-17)28(25,26)23(18-9-11-19(27-2)12-10-18)16-21(24)22-13-4-3-5-14-22/h6-12,15H,3-5,13-14,16H2,1-2H3. The van der Waals surface area contributed by atoms with Crippen LogP contribution in [0.1, 0.15) is 24.8 Å². The van der Waals surface area contributed by atoms with Crippen LogP contribution in [0.3, 0.4) is 0 Å². The highest BCUT2D eigenvalue weighted by atomic mass is 32.2. The van der Waals surface area contributed by atoms with Crippen molar-refractivity contribution in [2.45, 2.75) is 31.1 Å². The zero-order valence-corrected chi connectivity index (χ0v) is 17.1. The second-order valence-corrected chi connectivity index (χ2v) is 8.83. The summed E-state index contributed by atoms with van der Waals surface area (Å²) < 4.78 is 33.1. The van der Waals surface area contributed by atoms with Crippen LogP contribution in [-0.4, -0.2) is 46.0 Å². The van der Waals surface area contributed by atoms with Crippen molar-refractivity contribution >= 4 is 21.6 Å². The second-order valence-electron chi connectivity index (χ2n) is 6.97. The number of ether oxygens (including phenoxy) is 1. The Balaban J connectivity index is 1.96. The smallest absolute Gasteiger partial charge is 0.264 e. The first-order valence-electron chi connectivity index (χ1n) is 9.43. The molecule has 0 N–H and O–H groups in total. The van der Waals surface area contributed by atoms with Crippen LogP contribution in [0, 0.1) is 6.92 Å². The summed E-state index contributed by atoms with van der Waals surface area (Å²) >= 11 is 0. The molecule has 28 heavy (non-hydrogen) atoms. The summed E-state index contributed by atoms with van der Waals surface area (Å²) in [5, 5.41) is 0. The Morgan fingerprint density at radius 2 is 1.75 bits per heavy atom. The Hall–Kier alpha value is -2.54. The van der Waals surface area contributed by atoms with Gasteiger partial charge in [-0.2, -0.15) is 0 Å². The lowest BCUT2D eigenvalue weighted by atomic mass is 10.1. The maximum atomic E-state index is 13.4. The minimum atomic E-state index is -3.88. The normalized spacial score (nSPS) is 14.6. The number of hydrogen-bond donors (Lipinski definition) is 0. The first kappa shape index (κ1) is 20.2. The fourth-order valence-electron chi connectivity index (χ4n) is 3.33. The van der Waals surface area contributed by atoms with Crippen LogP contribution < -0.4 is 9.04 Å². The maximum Gasteiger partial charge on any atom is 0.264 e. The third-order valence-electron chi connectivity index (χ3n) is 4.93. The molecular weight excluding hydrogens is 376 g/mol. The van der Waals surface area contributed by atoms with Crippen LogP contribution >= 0.6 is 0 Å². The van der Waals surface area contributed by atoms with E-state index >= 15 is 0 Å². The van der Waals surface area contributed by atoms with Crippen LogP contribution in [0.25, 0.3) is 0 Å². The van der Waals surface area contributed by atoms with E-state index in [-0.39, 0.29) is 17.3 Å². The van der Waals surface area contributed by atoms with Crippen molar-refractivity contribution in [3.05, 3.63) is 54.1 Å². The lowest BCUT2D eigenvalue weighted by Crippen LogP contribution is -2.44. The van der Waals surface area contributed by atoms with E-state index in [0.717, 1.165) is 24.8 Å². The number of methoxy groups -OCH3 is 1. The van der Waals surface area contributed by atoms with Crippen LogP contribution in [0.2, 0.25) is 0 Å². The van der Waals surface area contributed by atoms with E-state index in [1.807, 2.05) is 13.0 Å². The number of hydrogen-bond acceptors (Lipinski definition) is 4. The molecule has 0 aromatic heterocycles. The fourth-order valence-corrected chi connectivity index (χ4v) is 4.85. The van der Waals surface area contributed by atoms with Crippen LogP contribution in [-0.2, 0) is 14.8 Å². The van der Waals surface area contributed by atoms with E-state index in [1.165, 1.54) is 4.31 Å². The second kappa shape index (κ2) is 8.65.